The van der Waals surface area contributed by atoms with Gasteiger partial charge in [0.1, 0.15) is 0 Å². The van der Waals surface area contributed by atoms with E-state index in [-0.39, 0.29) is 5.97 Å². The lowest BCUT2D eigenvalue weighted by Crippen LogP contribution is -1.98. The van der Waals surface area contributed by atoms with Gasteiger partial charge in [0, 0.05) is 6.92 Å². The SMILES string of the molecule is C/C=C/CCCCC/C=C/CCOC(C)=O. The van der Waals surface area contributed by atoms with Gasteiger partial charge in [-0.15, -0.1) is 0 Å². The Morgan fingerprint density at radius 3 is 2.25 bits per heavy atom. The maximum atomic E-state index is 10.5. The fraction of sp³-hybridized carbons (Fsp3) is 0.643. The van der Waals surface area contributed by atoms with E-state index in [1.807, 2.05) is 0 Å². The minimum absolute atomic E-state index is 0.197. The van der Waals surface area contributed by atoms with Crippen LogP contribution in [0.1, 0.15) is 52.4 Å². The fourth-order valence-corrected chi connectivity index (χ4v) is 1.37. The summed E-state index contributed by atoms with van der Waals surface area (Å²) < 4.78 is 4.82. The Bertz CT molecular complexity index is 217. The largest absolute Gasteiger partial charge is 0.466 e. The number of hydrogen-bond donors (Lipinski definition) is 0. The molecule has 0 heterocycles. The molecule has 0 atom stereocenters. The highest BCUT2D eigenvalue weighted by Gasteiger charge is 1.89. The molecule has 2 heteroatoms. The lowest BCUT2D eigenvalue weighted by atomic mass is 10.1. The first-order valence-electron chi connectivity index (χ1n) is 6.17. The van der Waals surface area contributed by atoms with Crippen LogP contribution in [0.15, 0.2) is 24.3 Å². The number of carbonyl (C=O) groups is 1. The molecular weight excluding hydrogens is 200 g/mol. The molecule has 0 aromatic heterocycles. The van der Waals surface area contributed by atoms with Crippen LogP contribution in [0.4, 0.5) is 0 Å². The molecule has 0 aromatic carbocycles. The van der Waals surface area contributed by atoms with Gasteiger partial charge in [0.2, 0.25) is 0 Å². The van der Waals surface area contributed by atoms with Crippen molar-refractivity contribution in [1.29, 1.82) is 0 Å². The van der Waals surface area contributed by atoms with E-state index in [1.165, 1.54) is 32.6 Å². The molecule has 0 saturated carbocycles. The number of ether oxygens (including phenoxy) is 1. The van der Waals surface area contributed by atoms with Gasteiger partial charge >= 0.3 is 5.97 Å². The zero-order valence-corrected chi connectivity index (χ0v) is 10.6. The molecule has 0 aliphatic rings. The quantitative estimate of drug-likeness (QED) is 0.336. The summed E-state index contributed by atoms with van der Waals surface area (Å²) in [7, 11) is 0. The van der Waals surface area contributed by atoms with Crippen LogP contribution in [0.5, 0.6) is 0 Å². The van der Waals surface area contributed by atoms with Crippen molar-refractivity contribution >= 4 is 5.97 Å². The van der Waals surface area contributed by atoms with E-state index in [2.05, 4.69) is 31.2 Å². The number of carbonyl (C=O) groups excluding carboxylic acids is 1. The van der Waals surface area contributed by atoms with Crippen LogP contribution in [0.25, 0.3) is 0 Å². The average Bonchev–Trinajstić information content (AvgIpc) is 2.25. The van der Waals surface area contributed by atoms with E-state index >= 15 is 0 Å². The smallest absolute Gasteiger partial charge is 0.302 e. The third kappa shape index (κ3) is 12.9. The second-order valence-corrected chi connectivity index (χ2v) is 3.81. The summed E-state index contributed by atoms with van der Waals surface area (Å²) in [6, 6.07) is 0. The molecule has 2 nitrogen and oxygen atoms in total. The summed E-state index contributed by atoms with van der Waals surface area (Å²) in [5, 5.41) is 0. The number of hydrogen-bond acceptors (Lipinski definition) is 2. The number of unbranched alkanes of at least 4 members (excludes halogenated alkanes) is 4. The van der Waals surface area contributed by atoms with Gasteiger partial charge in [0.15, 0.2) is 0 Å². The van der Waals surface area contributed by atoms with Crippen LogP contribution < -0.4 is 0 Å². The van der Waals surface area contributed by atoms with E-state index in [1.54, 1.807) is 0 Å². The van der Waals surface area contributed by atoms with Crippen molar-refractivity contribution in [2.75, 3.05) is 6.61 Å². The van der Waals surface area contributed by atoms with Gasteiger partial charge in [-0.05, 0) is 39.0 Å². The molecule has 0 unspecified atom stereocenters. The molecular formula is C14H24O2. The maximum Gasteiger partial charge on any atom is 0.302 e. The van der Waals surface area contributed by atoms with Crippen molar-refractivity contribution in [3.8, 4) is 0 Å². The van der Waals surface area contributed by atoms with E-state index in [0.29, 0.717) is 6.61 Å². The monoisotopic (exact) mass is 224 g/mol. The maximum absolute atomic E-state index is 10.5. The van der Waals surface area contributed by atoms with Crippen LogP contribution in [0.2, 0.25) is 0 Å². The van der Waals surface area contributed by atoms with Gasteiger partial charge in [-0.1, -0.05) is 30.7 Å². The number of rotatable bonds is 9. The minimum Gasteiger partial charge on any atom is -0.466 e. The fourth-order valence-electron chi connectivity index (χ4n) is 1.37. The second kappa shape index (κ2) is 12.0. The summed E-state index contributed by atoms with van der Waals surface area (Å²) in [4.78, 5) is 10.5. The van der Waals surface area contributed by atoms with Crippen molar-refractivity contribution in [3.05, 3.63) is 24.3 Å². The molecule has 16 heavy (non-hydrogen) atoms. The molecule has 92 valence electrons. The lowest BCUT2D eigenvalue weighted by molar-refractivity contribution is -0.140. The minimum atomic E-state index is -0.197. The normalized spacial score (nSPS) is 11.4. The Morgan fingerprint density at radius 1 is 1.00 bits per heavy atom. The van der Waals surface area contributed by atoms with Gasteiger partial charge in [0.25, 0.3) is 0 Å². The predicted molar refractivity (Wildman–Crippen MR) is 68.3 cm³/mol. The van der Waals surface area contributed by atoms with Crippen LogP contribution in [-0.2, 0) is 9.53 Å². The molecule has 0 fully saturated rings. The third-order valence-corrected chi connectivity index (χ3v) is 2.23. The van der Waals surface area contributed by atoms with E-state index < -0.39 is 0 Å². The summed E-state index contributed by atoms with van der Waals surface area (Å²) in [6.07, 6.45) is 15.6. The van der Waals surface area contributed by atoms with E-state index in [4.69, 9.17) is 4.74 Å². The Hall–Kier alpha value is -1.05. The molecule has 0 spiro atoms. The Morgan fingerprint density at radius 2 is 1.62 bits per heavy atom. The molecule has 0 amide bonds. The average molecular weight is 224 g/mol. The number of esters is 1. The first-order chi connectivity index (χ1) is 7.77. The van der Waals surface area contributed by atoms with Gasteiger partial charge in [-0.25, -0.2) is 0 Å². The summed E-state index contributed by atoms with van der Waals surface area (Å²) >= 11 is 0. The first kappa shape index (κ1) is 14.9. The van der Waals surface area contributed by atoms with Crippen molar-refractivity contribution in [2.45, 2.75) is 52.4 Å². The zero-order chi connectivity index (χ0) is 12.1. The highest BCUT2D eigenvalue weighted by Crippen LogP contribution is 2.04. The van der Waals surface area contributed by atoms with E-state index in [9.17, 15) is 4.79 Å². The van der Waals surface area contributed by atoms with Gasteiger partial charge in [-0.2, -0.15) is 0 Å². The summed E-state index contributed by atoms with van der Waals surface area (Å²) in [5.41, 5.74) is 0. The Balaban J connectivity index is 3.12. The van der Waals surface area contributed by atoms with Gasteiger partial charge < -0.3 is 4.74 Å². The van der Waals surface area contributed by atoms with Crippen LogP contribution in [-0.4, -0.2) is 12.6 Å². The number of allylic oxidation sites excluding steroid dienone is 3. The third-order valence-electron chi connectivity index (χ3n) is 2.23. The molecule has 0 rings (SSSR count). The molecule has 0 N–H and O–H groups in total. The zero-order valence-electron chi connectivity index (χ0n) is 10.6. The Labute approximate surface area is 99.4 Å². The lowest BCUT2D eigenvalue weighted by Gasteiger charge is -1.97. The van der Waals surface area contributed by atoms with Gasteiger partial charge in [-0.3, -0.25) is 4.79 Å². The molecule has 0 saturated heterocycles. The highest BCUT2D eigenvalue weighted by atomic mass is 16.5. The molecule has 0 aliphatic heterocycles. The molecule has 0 aromatic rings. The van der Waals surface area contributed by atoms with Crippen LogP contribution in [0, 0.1) is 0 Å². The van der Waals surface area contributed by atoms with Gasteiger partial charge in [0.05, 0.1) is 6.61 Å². The predicted octanol–water partition coefficient (Wildman–Crippen LogP) is 4.02. The van der Waals surface area contributed by atoms with Crippen molar-refractivity contribution in [1.82, 2.24) is 0 Å². The van der Waals surface area contributed by atoms with Crippen molar-refractivity contribution in [3.63, 3.8) is 0 Å². The molecule has 0 radical (unpaired) electrons. The standard InChI is InChI=1S/C14H24O2/c1-3-4-5-6-7-8-9-10-11-12-13-16-14(2)15/h3-4,10-11H,5-9,12-13H2,1-2H3/b4-3+,11-10+. The van der Waals surface area contributed by atoms with Crippen LogP contribution in [0.3, 0.4) is 0 Å². The highest BCUT2D eigenvalue weighted by molar-refractivity contribution is 5.65. The van der Waals surface area contributed by atoms with Crippen molar-refractivity contribution in [2.24, 2.45) is 0 Å². The topological polar surface area (TPSA) is 26.3 Å². The summed E-state index contributed by atoms with van der Waals surface area (Å²) in [6.45, 7) is 4.01. The van der Waals surface area contributed by atoms with Crippen molar-refractivity contribution < 1.29 is 9.53 Å². The first-order valence-corrected chi connectivity index (χ1v) is 6.17. The molecule has 0 bridgehead atoms. The summed E-state index contributed by atoms with van der Waals surface area (Å²) in [5.74, 6) is -0.197. The Kier molecular flexibility index (Phi) is 11.2. The second-order valence-electron chi connectivity index (χ2n) is 3.81. The van der Waals surface area contributed by atoms with E-state index in [0.717, 1.165) is 12.8 Å². The van der Waals surface area contributed by atoms with Crippen LogP contribution >= 0.6 is 0 Å². The molecule has 0 aliphatic carbocycles.